The fraction of sp³-hybridized carbons (Fsp3) is 0.538. The van der Waals surface area contributed by atoms with E-state index in [1.54, 1.807) is 0 Å². The van der Waals surface area contributed by atoms with Crippen molar-refractivity contribution < 1.29 is 8.78 Å². The molecule has 1 aliphatic heterocycles. The Morgan fingerprint density at radius 1 is 1.41 bits per heavy atom. The van der Waals surface area contributed by atoms with Crippen LogP contribution in [0.4, 0.5) is 8.78 Å². The van der Waals surface area contributed by atoms with Crippen LogP contribution < -0.4 is 5.32 Å². The van der Waals surface area contributed by atoms with Crippen LogP contribution >= 0.6 is 0 Å². The maximum absolute atomic E-state index is 13.5. The van der Waals surface area contributed by atoms with Gasteiger partial charge in [-0.15, -0.1) is 0 Å². The third-order valence-electron chi connectivity index (χ3n) is 3.32. The molecule has 0 bridgehead atoms. The summed E-state index contributed by atoms with van der Waals surface area (Å²) in [6.45, 7) is 5.33. The highest BCUT2D eigenvalue weighted by atomic mass is 19.1. The van der Waals surface area contributed by atoms with Gasteiger partial charge in [0, 0.05) is 37.8 Å². The number of nitrogens with one attached hydrogen (secondary N) is 1. The van der Waals surface area contributed by atoms with Gasteiger partial charge in [0.2, 0.25) is 0 Å². The number of nitrogens with zero attached hydrogens (tertiary/aromatic N) is 1. The highest BCUT2D eigenvalue weighted by molar-refractivity contribution is 5.18. The van der Waals surface area contributed by atoms with E-state index in [0.29, 0.717) is 18.2 Å². The Bertz CT molecular complexity index is 382. The van der Waals surface area contributed by atoms with E-state index in [4.69, 9.17) is 0 Å². The SMILES string of the molecule is CCC1CNCCN1Cc1cc(F)ccc1F. The van der Waals surface area contributed by atoms with E-state index < -0.39 is 0 Å². The molecule has 1 N–H and O–H groups in total. The molecule has 0 radical (unpaired) electrons. The van der Waals surface area contributed by atoms with Gasteiger partial charge in [0.25, 0.3) is 0 Å². The van der Waals surface area contributed by atoms with Gasteiger partial charge < -0.3 is 5.32 Å². The van der Waals surface area contributed by atoms with Gasteiger partial charge in [-0.3, -0.25) is 4.90 Å². The van der Waals surface area contributed by atoms with Crippen LogP contribution in [0.15, 0.2) is 18.2 Å². The predicted octanol–water partition coefficient (Wildman–Crippen LogP) is 2.15. The van der Waals surface area contributed by atoms with E-state index in [0.717, 1.165) is 32.1 Å². The molecule has 1 atom stereocenters. The normalized spacial score (nSPS) is 21.7. The molecule has 0 aromatic heterocycles. The number of rotatable bonds is 3. The number of hydrogen-bond donors (Lipinski definition) is 1. The Morgan fingerprint density at radius 2 is 2.24 bits per heavy atom. The summed E-state index contributed by atoms with van der Waals surface area (Å²) in [5.41, 5.74) is 0.449. The molecule has 0 saturated carbocycles. The lowest BCUT2D eigenvalue weighted by Gasteiger charge is -2.35. The maximum atomic E-state index is 13.5. The Hall–Kier alpha value is -1.00. The molecule has 1 heterocycles. The molecular formula is C13H18F2N2. The van der Waals surface area contributed by atoms with Crippen molar-refractivity contribution in [3.63, 3.8) is 0 Å². The fourth-order valence-electron chi connectivity index (χ4n) is 2.30. The van der Waals surface area contributed by atoms with Gasteiger partial charge in [-0.25, -0.2) is 8.78 Å². The lowest BCUT2D eigenvalue weighted by molar-refractivity contribution is 0.147. The molecule has 1 saturated heterocycles. The van der Waals surface area contributed by atoms with Crippen LogP contribution in [0, 0.1) is 11.6 Å². The van der Waals surface area contributed by atoms with Crippen molar-refractivity contribution in [1.29, 1.82) is 0 Å². The summed E-state index contributed by atoms with van der Waals surface area (Å²) >= 11 is 0. The third kappa shape index (κ3) is 3.01. The van der Waals surface area contributed by atoms with Gasteiger partial charge in [-0.2, -0.15) is 0 Å². The van der Waals surface area contributed by atoms with Crippen molar-refractivity contribution in [2.24, 2.45) is 0 Å². The summed E-state index contributed by atoms with van der Waals surface area (Å²) in [6.07, 6.45) is 1.02. The molecular weight excluding hydrogens is 222 g/mol. The Labute approximate surface area is 101 Å². The van der Waals surface area contributed by atoms with Crippen molar-refractivity contribution >= 4 is 0 Å². The molecule has 17 heavy (non-hydrogen) atoms. The largest absolute Gasteiger partial charge is 0.314 e. The smallest absolute Gasteiger partial charge is 0.127 e. The number of piperazine rings is 1. The second-order valence-electron chi connectivity index (χ2n) is 4.47. The standard InChI is InChI=1S/C13H18F2N2/c1-2-12-8-16-5-6-17(12)9-10-7-11(14)3-4-13(10)15/h3-4,7,12,16H,2,5-6,8-9H2,1H3. The zero-order valence-electron chi connectivity index (χ0n) is 10.0. The monoisotopic (exact) mass is 240 g/mol. The summed E-state index contributed by atoms with van der Waals surface area (Å²) in [4.78, 5) is 2.22. The van der Waals surface area contributed by atoms with Gasteiger partial charge >= 0.3 is 0 Å². The molecule has 2 rings (SSSR count). The molecule has 0 aliphatic carbocycles. The third-order valence-corrected chi connectivity index (χ3v) is 3.32. The van der Waals surface area contributed by atoms with E-state index in [2.05, 4.69) is 17.1 Å². The number of hydrogen-bond acceptors (Lipinski definition) is 2. The lowest BCUT2D eigenvalue weighted by atomic mass is 10.1. The summed E-state index contributed by atoms with van der Waals surface area (Å²) < 4.78 is 26.6. The molecule has 1 aromatic rings. The van der Waals surface area contributed by atoms with Crippen LogP contribution in [-0.4, -0.2) is 30.6 Å². The first-order chi connectivity index (χ1) is 8.20. The summed E-state index contributed by atoms with van der Waals surface area (Å²) in [7, 11) is 0. The molecule has 94 valence electrons. The summed E-state index contributed by atoms with van der Waals surface area (Å²) in [5.74, 6) is -0.690. The fourth-order valence-corrected chi connectivity index (χ4v) is 2.30. The Balaban J connectivity index is 2.10. The number of halogens is 2. The van der Waals surface area contributed by atoms with Crippen LogP contribution in [0.1, 0.15) is 18.9 Å². The molecule has 0 amide bonds. The zero-order valence-corrected chi connectivity index (χ0v) is 10.0. The molecule has 0 spiro atoms. The first-order valence-electron chi connectivity index (χ1n) is 6.09. The van der Waals surface area contributed by atoms with Crippen LogP contribution in [0.2, 0.25) is 0 Å². The second kappa shape index (κ2) is 5.56. The van der Waals surface area contributed by atoms with Gasteiger partial charge in [-0.1, -0.05) is 6.92 Å². The summed E-state index contributed by atoms with van der Waals surface area (Å²) in [5, 5.41) is 3.32. The van der Waals surface area contributed by atoms with Crippen molar-refractivity contribution in [1.82, 2.24) is 10.2 Å². The average molecular weight is 240 g/mol. The predicted molar refractivity (Wildman–Crippen MR) is 63.7 cm³/mol. The summed E-state index contributed by atoms with van der Waals surface area (Å²) in [6, 6.07) is 4.07. The van der Waals surface area contributed by atoms with Crippen LogP contribution in [0.25, 0.3) is 0 Å². The molecule has 2 nitrogen and oxygen atoms in total. The highest BCUT2D eigenvalue weighted by Gasteiger charge is 2.21. The highest BCUT2D eigenvalue weighted by Crippen LogP contribution is 2.16. The van der Waals surface area contributed by atoms with Crippen molar-refractivity contribution in [3.8, 4) is 0 Å². The second-order valence-corrected chi connectivity index (χ2v) is 4.47. The molecule has 1 aliphatic rings. The van der Waals surface area contributed by atoms with Gasteiger partial charge in [0.05, 0.1) is 0 Å². The van der Waals surface area contributed by atoms with Crippen LogP contribution in [0.3, 0.4) is 0 Å². The Kier molecular flexibility index (Phi) is 4.07. The lowest BCUT2D eigenvalue weighted by Crippen LogP contribution is -2.50. The maximum Gasteiger partial charge on any atom is 0.127 e. The topological polar surface area (TPSA) is 15.3 Å². The van der Waals surface area contributed by atoms with Crippen molar-refractivity contribution in [3.05, 3.63) is 35.4 Å². The van der Waals surface area contributed by atoms with E-state index >= 15 is 0 Å². The van der Waals surface area contributed by atoms with Crippen LogP contribution in [-0.2, 0) is 6.54 Å². The minimum atomic E-state index is -0.371. The molecule has 4 heteroatoms. The Morgan fingerprint density at radius 3 is 3.00 bits per heavy atom. The van der Waals surface area contributed by atoms with Crippen LogP contribution in [0.5, 0.6) is 0 Å². The van der Waals surface area contributed by atoms with Crippen molar-refractivity contribution in [2.45, 2.75) is 25.9 Å². The van der Waals surface area contributed by atoms with E-state index in [1.165, 1.54) is 12.1 Å². The molecule has 1 unspecified atom stereocenters. The molecule has 1 aromatic carbocycles. The average Bonchev–Trinajstić information content (AvgIpc) is 2.34. The van der Waals surface area contributed by atoms with E-state index in [-0.39, 0.29) is 11.6 Å². The quantitative estimate of drug-likeness (QED) is 0.871. The van der Waals surface area contributed by atoms with Gasteiger partial charge in [-0.05, 0) is 24.6 Å². The van der Waals surface area contributed by atoms with E-state index in [9.17, 15) is 8.78 Å². The number of benzene rings is 1. The first kappa shape index (κ1) is 12.5. The minimum absolute atomic E-state index is 0.320. The minimum Gasteiger partial charge on any atom is -0.314 e. The van der Waals surface area contributed by atoms with Gasteiger partial charge in [0.1, 0.15) is 11.6 Å². The van der Waals surface area contributed by atoms with Gasteiger partial charge in [0.15, 0.2) is 0 Å². The molecule has 1 fully saturated rings. The first-order valence-corrected chi connectivity index (χ1v) is 6.09. The van der Waals surface area contributed by atoms with E-state index in [1.807, 2.05) is 0 Å². The zero-order chi connectivity index (χ0) is 12.3. The van der Waals surface area contributed by atoms with Crippen molar-refractivity contribution in [2.75, 3.05) is 19.6 Å².